The van der Waals surface area contributed by atoms with Crippen molar-refractivity contribution >= 4 is 32.8 Å². The number of aromatic nitrogens is 2. The van der Waals surface area contributed by atoms with Crippen molar-refractivity contribution in [3.8, 4) is 17.1 Å². The summed E-state index contributed by atoms with van der Waals surface area (Å²) < 4.78 is 8.16. The van der Waals surface area contributed by atoms with E-state index in [0.717, 1.165) is 39.1 Å². The molecule has 0 saturated heterocycles. The minimum atomic E-state index is 0.886. The Bertz CT molecular complexity index is 1520. The van der Waals surface area contributed by atoms with Gasteiger partial charge in [0.25, 0.3) is 0 Å². The largest absolute Gasteiger partial charge is 0.464 e. The van der Waals surface area contributed by atoms with E-state index in [1.807, 2.05) is 12.3 Å². The predicted octanol–water partition coefficient (Wildman–Crippen LogP) is 6.90. The van der Waals surface area contributed by atoms with Crippen LogP contribution in [0.1, 0.15) is 5.56 Å². The first kappa shape index (κ1) is 16.1. The predicted molar refractivity (Wildman–Crippen MR) is 119 cm³/mol. The Balaban J connectivity index is 1.74. The van der Waals surface area contributed by atoms with Gasteiger partial charge < -0.3 is 4.42 Å². The van der Waals surface area contributed by atoms with Crippen LogP contribution in [0.4, 0.5) is 0 Å². The van der Waals surface area contributed by atoms with Gasteiger partial charge in [-0.2, -0.15) is 0 Å². The normalized spacial score (nSPS) is 11.6. The summed E-state index contributed by atoms with van der Waals surface area (Å²) in [7, 11) is 0. The molecule has 29 heavy (non-hydrogen) atoms. The van der Waals surface area contributed by atoms with Crippen LogP contribution in [0.15, 0.2) is 95.6 Å². The van der Waals surface area contributed by atoms with Crippen LogP contribution in [-0.2, 0) is 0 Å². The molecule has 0 radical (unpaired) electrons. The number of nitrogens with zero attached hydrogens (tertiary/aromatic N) is 2. The van der Waals surface area contributed by atoms with Gasteiger partial charge in [0, 0.05) is 10.8 Å². The molecule has 6 aromatic rings. The molecule has 0 fully saturated rings. The van der Waals surface area contributed by atoms with Gasteiger partial charge >= 0.3 is 0 Å². The van der Waals surface area contributed by atoms with Crippen molar-refractivity contribution < 1.29 is 4.42 Å². The molecule has 3 nitrogen and oxygen atoms in total. The van der Waals surface area contributed by atoms with Crippen LogP contribution in [0, 0.1) is 6.92 Å². The Morgan fingerprint density at radius 2 is 1.62 bits per heavy atom. The average Bonchev–Trinajstić information content (AvgIpc) is 3.34. The summed E-state index contributed by atoms with van der Waals surface area (Å²) in [5, 5.41) is 3.48. The van der Waals surface area contributed by atoms with Crippen LogP contribution >= 0.6 is 0 Å². The Morgan fingerprint density at radius 3 is 2.59 bits per heavy atom. The first-order valence-electron chi connectivity index (χ1n) is 9.73. The fourth-order valence-corrected chi connectivity index (χ4v) is 4.16. The molecule has 0 aliphatic rings. The molecule has 6 rings (SSSR count). The van der Waals surface area contributed by atoms with E-state index in [1.165, 1.54) is 16.3 Å². The number of hydrogen-bond donors (Lipinski definition) is 0. The maximum atomic E-state index is 5.91. The summed E-state index contributed by atoms with van der Waals surface area (Å²) >= 11 is 0. The molecule has 0 saturated carbocycles. The molecule has 0 spiro atoms. The second-order valence-corrected chi connectivity index (χ2v) is 7.41. The van der Waals surface area contributed by atoms with Gasteiger partial charge in [0.2, 0.25) is 0 Å². The van der Waals surface area contributed by atoms with Gasteiger partial charge in [-0.1, -0.05) is 60.7 Å². The Morgan fingerprint density at radius 1 is 0.793 bits per heavy atom. The van der Waals surface area contributed by atoms with Crippen molar-refractivity contribution in [3.63, 3.8) is 0 Å². The zero-order valence-corrected chi connectivity index (χ0v) is 16.0. The number of rotatable bonds is 2. The van der Waals surface area contributed by atoms with Gasteiger partial charge in [-0.05, 0) is 42.1 Å². The van der Waals surface area contributed by atoms with Crippen molar-refractivity contribution in [3.05, 3.63) is 96.8 Å². The molecule has 2 heterocycles. The molecule has 0 unspecified atom stereocenters. The van der Waals surface area contributed by atoms with Crippen molar-refractivity contribution in [1.82, 2.24) is 9.55 Å². The van der Waals surface area contributed by atoms with E-state index in [1.54, 1.807) is 0 Å². The van der Waals surface area contributed by atoms with Crippen LogP contribution in [-0.4, -0.2) is 9.55 Å². The topological polar surface area (TPSA) is 31.0 Å². The molecule has 138 valence electrons. The quantitative estimate of drug-likeness (QED) is 0.330. The maximum absolute atomic E-state index is 5.91. The van der Waals surface area contributed by atoms with Crippen molar-refractivity contribution in [2.45, 2.75) is 6.92 Å². The van der Waals surface area contributed by atoms with E-state index in [4.69, 9.17) is 9.40 Å². The Hall–Kier alpha value is -3.85. The van der Waals surface area contributed by atoms with Crippen LogP contribution in [0.2, 0.25) is 0 Å². The summed E-state index contributed by atoms with van der Waals surface area (Å²) in [6, 6.07) is 29.5. The van der Waals surface area contributed by atoms with Gasteiger partial charge in [-0.3, -0.25) is 4.57 Å². The van der Waals surface area contributed by atoms with E-state index in [0.29, 0.717) is 0 Å². The molecular formula is C26H18N2O. The zero-order valence-electron chi connectivity index (χ0n) is 16.0. The van der Waals surface area contributed by atoms with E-state index in [2.05, 4.69) is 90.4 Å². The smallest absolute Gasteiger partial charge is 0.149 e. The molecular weight excluding hydrogens is 356 g/mol. The molecule has 0 amide bonds. The summed E-state index contributed by atoms with van der Waals surface area (Å²) in [6.07, 6.45) is 1.83. The number of para-hydroxylation sites is 2. The minimum absolute atomic E-state index is 0.886. The third kappa shape index (κ3) is 2.41. The Labute approximate surface area is 167 Å². The van der Waals surface area contributed by atoms with E-state index in [9.17, 15) is 0 Å². The molecule has 0 bridgehead atoms. The van der Waals surface area contributed by atoms with E-state index in [-0.39, 0.29) is 0 Å². The standard InChI is InChI=1S/C26H18N2O/c1-17-13-14-20-21(16-29-25(20)15-17)26-27-22-10-4-5-11-24(22)28(26)23-12-6-8-18-7-2-3-9-19(18)23/h2-16H,1H3. The van der Waals surface area contributed by atoms with Gasteiger partial charge in [0.05, 0.1) is 22.3 Å². The highest BCUT2D eigenvalue weighted by molar-refractivity contribution is 5.98. The zero-order chi connectivity index (χ0) is 19.4. The minimum Gasteiger partial charge on any atom is -0.464 e. The lowest BCUT2D eigenvalue weighted by Gasteiger charge is -2.12. The fraction of sp³-hybridized carbons (Fsp3) is 0.0385. The second kappa shape index (κ2) is 6.08. The molecule has 2 aromatic heterocycles. The van der Waals surface area contributed by atoms with Gasteiger partial charge in [0.1, 0.15) is 17.7 Å². The maximum Gasteiger partial charge on any atom is 0.149 e. The van der Waals surface area contributed by atoms with E-state index >= 15 is 0 Å². The number of fused-ring (bicyclic) bond motifs is 3. The highest BCUT2D eigenvalue weighted by Gasteiger charge is 2.19. The lowest BCUT2D eigenvalue weighted by atomic mass is 10.1. The monoisotopic (exact) mass is 374 g/mol. The van der Waals surface area contributed by atoms with Gasteiger partial charge in [0.15, 0.2) is 0 Å². The van der Waals surface area contributed by atoms with Crippen LogP contribution in [0.3, 0.4) is 0 Å². The number of aryl methyl sites for hydroxylation is 1. The number of hydrogen-bond acceptors (Lipinski definition) is 2. The van der Waals surface area contributed by atoms with Crippen molar-refractivity contribution in [1.29, 1.82) is 0 Å². The van der Waals surface area contributed by atoms with E-state index < -0.39 is 0 Å². The molecule has 0 atom stereocenters. The molecule has 4 aromatic carbocycles. The lowest BCUT2D eigenvalue weighted by Crippen LogP contribution is -1.98. The highest BCUT2D eigenvalue weighted by Crippen LogP contribution is 2.36. The van der Waals surface area contributed by atoms with Gasteiger partial charge in [-0.15, -0.1) is 0 Å². The van der Waals surface area contributed by atoms with Crippen LogP contribution in [0.25, 0.3) is 49.9 Å². The number of furan rings is 1. The molecule has 0 aliphatic heterocycles. The Kier molecular flexibility index (Phi) is 3.38. The average molecular weight is 374 g/mol. The summed E-state index contributed by atoms with van der Waals surface area (Å²) in [6.45, 7) is 2.08. The SMILES string of the molecule is Cc1ccc2c(-c3nc4ccccc4n3-c3cccc4ccccc34)coc2c1. The number of imidazole rings is 1. The molecule has 0 N–H and O–H groups in total. The first-order chi connectivity index (χ1) is 14.3. The summed E-state index contributed by atoms with van der Waals surface area (Å²) in [4.78, 5) is 5.01. The number of benzene rings is 4. The highest BCUT2D eigenvalue weighted by atomic mass is 16.3. The van der Waals surface area contributed by atoms with Crippen molar-refractivity contribution in [2.24, 2.45) is 0 Å². The molecule has 3 heteroatoms. The van der Waals surface area contributed by atoms with Crippen LogP contribution in [0.5, 0.6) is 0 Å². The van der Waals surface area contributed by atoms with Gasteiger partial charge in [-0.25, -0.2) is 4.98 Å². The third-order valence-electron chi connectivity index (χ3n) is 5.54. The fourth-order valence-electron chi connectivity index (χ4n) is 4.16. The first-order valence-corrected chi connectivity index (χ1v) is 9.73. The van der Waals surface area contributed by atoms with Crippen LogP contribution < -0.4 is 0 Å². The third-order valence-corrected chi connectivity index (χ3v) is 5.54. The second-order valence-electron chi connectivity index (χ2n) is 7.41. The summed E-state index contributed by atoms with van der Waals surface area (Å²) in [5.74, 6) is 0.894. The molecule has 0 aliphatic carbocycles. The summed E-state index contributed by atoms with van der Waals surface area (Å²) in [5.41, 5.74) is 6.24. The lowest BCUT2D eigenvalue weighted by molar-refractivity contribution is 0.616. The van der Waals surface area contributed by atoms with Crippen molar-refractivity contribution in [2.75, 3.05) is 0 Å².